The Balaban J connectivity index is 1.79. The van der Waals surface area contributed by atoms with Gasteiger partial charge in [-0.15, -0.1) is 0 Å². The summed E-state index contributed by atoms with van der Waals surface area (Å²) in [5, 5.41) is 0.641. The van der Waals surface area contributed by atoms with Crippen molar-refractivity contribution < 1.29 is 13.2 Å². The molecular formula is C18H22ClN3O3S. The normalized spacial score (nSPS) is 15.3. The average molecular weight is 396 g/mol. The van der Waals surface area contributed by atoms with Crippen LogP contribution in [0.5, 0.6) is 0 Å². The Hall–Kier alpha value is -1.83. The van der Waals surface area contributed by atoms with Gasteiger partial charge in [0.25, 0.3) is 5.91 Å². The highest BCUT2D eigenvalue weighted by Crippen LogP contribution is 2.23. The summed E-state index contributed by atoms with van der Waals surface area (Å²) in [6.45, 7) is 1.49. The number of hydrogen-bond donors (Lipinski definition) is 0. The molecule has 26 heavy (non-hydrogen) atoms. The Bertz CT molecular complexity index is 900. The monoisotopic (exact) mass is 395 g/mol. The molecule has 6 nitrogen and oxygen atoms in total. The fraction of sp³-hybridized carbons (Fsp3) is 0.389. The van der Waals surface area contributed by atoms with Crippen LogP contribution < -0.4 is 0 Å². The predicted molar refractivity (Wildman–Crippen MR) is 101 cm³/mol. The number of aromatic nitrogens is 1. The van der Waals surface area contributed by atoms with Crippen molar-refractivity contribution in [1.82, 2.24) is 13.8 Å². The minimum Gasteiger partial charge on any atom is -0.345 e. The predicted octanol–water partition coefficient (Wildman–Crippen LogP) is 2.74. The van der Waals surface area contributed by atoms with Crippen LogP contribution in [0.3, 0.4) is 0 Å². The summed E-state index contributed by atoms with van der Waals surface area (Å²) in [4.78, 5) is 14.5. The molecule has 1 amide bonds. The molecule has 8 heteroatoms. The van der Waals surface area contributed by atoms with Gasteiger partial charge in [-0.1, -0.05) is 23.7 Å². The van der Waals surface area contributed by atoms with E-state index in [-0.39, 0.29) is 10.8 Å². The molecule has 0 N–H and O–H groups in total. The molecule has 2 heterocycles. The second-order valence-corrected chi connectivity index (χ2v) is 8.95. The zero-order valence-electron chi connectivity index (χ0n) is 14.9. The van der Waals surface area contributed by atoms with Crippen molar-refractivity contribution >= 4 is 27.5 Å². The quantitative estimate of drug-likeness (QED) is 0.782. The van der Waals surface area contributed by atoms with Gasteiger partial charge < -0.3 is 9.47 Å². The van der Waals surface area contributed by atoms with Crippen LogP contribution in [0.25, 0.3) is 0 Å². The van der Waals surface area contributed by atoms with Gasteiger partial charge in [0.2, 0.25) is 10.0 Å². The Kier molecular flexibility index (Phi) is 5.41. The summed E-state index contributed by atoms with van der Waals surface area (Å²) >= 11 is 5.88. The summed E-state index contributed by atoms with van der Waals surface area (Å²) in [5.74, 6) is -0.231. The molecule has 2 aromatic rings. The molecule has 0 aliphatic carbocycles. The smallest absolute Gasteiger partial charge is 0.270 e. The van der Waals surface area contributed by atoms with E-state index in [9.17, 15) is 13.2 Å². The largest absolute Gasteiger partial charge is 0.345 e. The zero-order valence-corrected chi connectivity index (χ0v) is 16.4. The summed E-state index contributed by atoms with van der Waals surface area (Å²) in [7, 11) is -0.156. The highest BCUT2D eigenvalue weighted by atomic mass is 35.5. The van der Waals surface area contributed by atoms with Crippen molar-refractivity contribution in [3.8, 4) is 0 Å². The standard InChI is InChI=1S/C18H22ClN3O3S/c1-20-13-16(26(24,25)22-9-3-4-10-22)11-17(20)18(23)21(2)12-14-5-7-15(19)8-6-14/h5-8,11,13H,3-4,9-10,12H2,1-2H3. The third kappa shape index (κ3) is 3.79. The van der Waals surface area contributed by atoms with Gasteiger partial charge in [-0.2, -0.15) is 4.31 Å². The van der Waals surface area contributed by atoms with Gasteiger partial charge in [-0.05, 0) is 36.6 Å². The molecule has 0 saturated carbocycles. The third-order valence-corrected chi connectivity index (χ3v) is 6.70. The maximum Gasteiger partial charge on any atom is 0.270 e. The summed E-state index contributed by atoms with van der Waals surface area (Å²) < 4.78 is 28.4. The van der Waals surface area contributed by atoms with E-state index in [1.54, 1.807) is 35.7 Å². The molecule has 0 bridgehead atoms. The number of rotatable bonds is 5. The molecule has 1 aromatic heterocycles. The number of nitrogens with zero attached hydrogens (tertiary/aromatic N) is 3. The molecule has 1 aliphatic heterocycles. The van der Waals surface area contributed by atoms with E-state index in [1.807, 2.05) is 12.1 Å². The van der Waals surface area contributed by atoms with E-state index < -0.39 is 10.0 Å². The first-order chi connectivity index (χ1) is 12.3. The van der Waals surface area contributed by atoms with E-state index in [4.69, 9.17) is 11.6 Å². The average Bonchev–Trinajstić information content (AvgIpc) is 3.26. The topological polar surface area (TPSA) is 62.6 Å². The van der Waals surface area contributed by atoms with E-state index in [2.05, 4.69) is 0 Å². The number of carbonyl (C=O) groups excluding carboxylic acids is 1. The van der Waals surface area contributed by atoms with Crippen molar-refractivity contribution in [2.75, 3.05) is 20.1 Å². The SMILES string of the molecule is CN(Cc1ccc(Cl)cc1)C(=O)c1cc(S(=O)(=O)N2CCCC2)cn1C. The Labute approximate surface area is 159 Å². The fourth-order valence-electron chi connectivity index (χ4n) is 3.10. The third-order valence-electron chi connectivity index (χ3n) is 4.58. The fourth-order valence-corrected chi connectivity index (χ4v) is 4.81. The molecule has 0 spiro atoms. The maximum atomic E-state index is 12.8. The van der Waals surface area contributed by atoms with E-state index in [0.29, 0.717) is 30.4 Å². The second-order valence-electron chi connectivity index (χ2n) is 6.57. The van der Waals surface area contributed by atoms with Crippen LogP contribution in [0.15, 0.2) is 41.4 Å². The second kappa shape index (κ2) is 7.42. The van der Waals surface area contributed by atoms with Gasteiger partial charge in [-0.3, -0.25) is 4.79 Å². The molecular weight excluding hydrogens is 374 g/mol. The lowest BCUT2D eigenvalue weighted by molar-refractivity contribution is 0.0775. The number of carbonyl (C=O) groups is 1. The lowest BCUT2D eigenvalue weighted by atomic mass is 10.2. The van der Waals surface area contributed by atoms with Crippen molar-refractivity contribution in [1.29, 1.82) is 0 Å². The van der Waals surface area contributed by atoms with Crippen molar-refractivity contribution in [3.63, 3.8) is 0 Å². The molecule has 0 radical (unpaired) electrons. The molecule has 1 aromatic carbocycles. The number of benzene rings is 1. The minimum atomic E-state index is -3.54. The van der Waals surface area contributed by atoms with Crippen molar-refractivity contribution in [3.05, 3.63) is 52.8 Å². The van der Waals surface area contributed by atoms with Gasteiger partial charge in [0, 0.05) is 44.9 Å². The van der Waals surface area contributed by atoms with Gasteiger partial charge in [-0.25, -0.2) is 8.42 Å². The van der Waals surface area contributed by atoms with Gasteiger partial charge in [0.1, 0.15) is 10.6 Å². The van der Waals surface area contributed by atoms with Crippen LogP contribution in [-0.4, -0.2) is 48.2 Å². The van der Waals surface area contributed by atoms with Gasteiger partial charge in [0.05, 0.1) is 0 Å². The minimum absolute atomic E-state index is 0.171. The van der Waals surface area contributed by atoms with Crippen LogP contribution in [0.1, 0.15) is 28.9 Å². The van der Waals surface area contributed by atoms with Crippen molar-refractivity contribution in [2.45, 2.75) is 24.3 Å². The Morgan fingerprint density at radius 1 is 1.19 bits per heavy atom. The highest BCUT2D eigenvalue weighted by Gasteiger charge is 2.29. The van der Waals surface area contributed by atoms with Gasteiger partial charge >= 0.3 is 0 Å². The van der Waals surface area contributed by atoms with Crippen LogP contribution in [0.2, 0.25) is 5.02 Å². The Morgan fingerprint density at radius 2 is 1.81 bits per heavy atom. The summed E-state index contributed by atoms with van der Waals surface area (Å²) in [6, 6.07) is 8.74. The van der Waals surface area contributed by atoms with Gasteiger partial charge in [0.15, 0.2) is 0 Å². The van der Waals surface area contributed by atoms with Crippen LogP contribution in [0, 0.1) is 0 Å². The molecule has 1 aliphatic rings. The van der Waals surface area contributed by atoms with Crippen LogP contribution in [0.4, 0.5) is 0 Å². The zero-order chi connectivity index (χ0) is 18.9. The molecule has 0 unspecified atom stereocenters. The molecule has 1 fully saturated rings. The maximum absolute atomic E-state index is 12.8. The van der Waals surface area contributed by atoms with E-state index in [0.717, 1.165) is 18.4 Å². The number of hydrogen-bond acceptors (Lipinski definition) is 3. The number of amides is 1. The van der Waals surface area contributed by atoms with Crippen LogP contribution in [-0.2, 0) is 23.6 Å². The lowest BCUT2D eigenvalue weighted by Crippen LogP contribution is -2.28. The van der Waals surface area contributed by atoms with E-state index >= 15 is 0 Å². The number of aryl methyl sites for hydroxylation is 1. The number of halogens is 1. The Morgan fingerprint density at radius 3 is 2.42 bits per heavy atom. The molecule has 140 valence electrons. The summed E-state index contributed by atoms with van der Waals surface area (Å²) in [6.07, 6.45) is 3.26. The molecule has 0 atom stereocenters. The highest BCUT2D eigenvalue weighted by molar-refractivity contribution is 7.89. The van der Waals surface area contributed by atoms with Crippen molar-refractivity contribution in [2.24, 2.45) is 7.05 Å². The molecule has 3 rings (SSSR count). The van der Waals surface area contributed by atoms with E-state index in [1.165, 1.54) is 16.6 Å². The number of sulfonamides is 1. The summed E-state index contributed by atoms with van der Waals surface area (Å²) in [5.41, 5.74) is 1.30. The first-order valence-electron chi connectivity index (χ1n) is 8.45. The first kappa shape index (κ1) is 18.9. The lowest BCUT2D eigenvalue weighted by Gasteiger charge is -2.17. The molecule has 1 saturated heterocycles. The van der Waals surface area contributed by atoms with Crippen LogP contribution >= 0.6 is 11.6 Å². The first-order valence-corrected chi connectivity index (χ1v) is 10.3.